The lowest BCUT2D eigenvalue weighted by molar-refractivity contribution is -0.137. The summed E-state index contributed by atoms with van der Waals surface area (Å²) in [6.07, 6.45) is 1.32. The number of amides is 2. The van der Waals surface area contributed by atoms with Gasteiger partial charge in [-0.1, -0.05) is 36.0 Å². The van der Waals surface area contributed by atoms with Gasteiger partial charge in [0.1, 0.15) is 5.82 Å². The monoisotopic (exact) mass is 613 g/mol. The van der Waals surface area contributed by atoms with Gasteiger partial charge in [-0.25, -0.2) is 9.37 Å². The zero-order valence-electron chi connectivity index (χ0n) is 25.0. The van der Waals surface area contributed by atoms with Gasteiger partial charge in [0.25, 0.3) is 11.5 Å². The Morgan fingerprint density at radius 3 is 2.25 bits per heavy atom. The minimum absolute atomic E-state index is 0.0167. The number of halogens is 1. The Bertz CT molecular complexity index is 1730. The summed E-state index contributed by atoms with van der Waals surface area (Å²) in [5.74, 6) is 0.458. The molecule has 0 saturated carbocycles. The van der Waals surface area contributed by atoms with Gasteiger partial charge in [0.15, 0.2) is 5.16 Å². The van der Waals surface area contributed by atoms with E-state index < -0.39 is 0 Å². The Morgan fingerprint density at radius 2 is 1.57 bits per heavy atom. The topological polar surface area (TPSA) is 78.8 Å². The van der Waals surface area contributed by atoms with Crippen molar-refractivity contribution in [1.29, 1.82) is 0 Å². The minimum Gasteiger partial charge on any atom is -0.368 e. The van der Waals surface area contributed by atoms with Crippen LogP contribution in [0.2, 0.25) is 0 Å². The van der Waals surface area contributed by atoms with E-state index in [1.165, 1.54) is 23.9 Å². The zero-order chi connectivity index (χ0) is 30.8. The number of piperidine rings is 1. The highest BCUT2D eigenvalue weighted by Gasteiger charge is 2.32. The molecule has 2 saturated heterocycles. The summed E-state index contributed by atoms with van der Waals surface area (Å²) in [4.78, 5) is 50.0. The van der Waals surface area contributed by atoms with Crippen LogP contribution in [0, 0.1) is 18.7 Å². The lowest BCUT2D eigenvalue weighted by Crippen LogP contribution is -2.52. The predicted octanol–water partition coefficient (Wildman–Crippen LogP) is 4.87. The van der Waals surface area contributed by atoms with E-state index >= 15 is 0 Å². The summed E-state index contributed by atoms with van der Waals surface area (Å²) in [5, 5.41) is 1.30. The largest absolute Gasteiger partial charge is 0.368 e. The normalized spacial score (nSPS) is 16.0. The molecule has 2 aliphatic rings. The van der Waals surface area contributed by atoms with Gasteiger partial charge in [0.2, 0.25) is 5.91 Å². The minimum atomic E-state index is -0.251. The van der Waals surface area contributed by atoms with Gasteiger partial charge in [0, 0.05) is 69.2 Å². The number of likely N-dealkylation sites (tertiary alicyclic amines) is 1. The third-order valence-corrected chi connectivity index (χ3v) is 9.86. The van der Waals surface area contributed by atoms with Crippen molar-refractivity contribution in [3.63, 3.8) is 0 Å². The van der Waals surface area contributed by atoms with E-state index in [-0.39, 0.29) is 29.1 Å². The lowest BCUT2D eigenvalue weighted by Gasteiger charge is -2.39. The first-order chi connectivity index (χ1) is 21.3. The van der Waals surface area contributed by atoms with Crippen LogP contribution in [0.3, 0.4) is 0 Å². The second-order valence-electron chi connectivity index (χ2n) is 11.6. The van der Waals surface area contributed by atoms with Crippen molar-refractivity contribution in [1.82, 2.24) is 19.4 Å². The number of rotatable bonds is 6. The van der Waals surface area contributed by atoms with Gasteiger partial charge in [0.05, 0.1) is 10.9 Å². The molecule has 3 heterocycles. The third kappa shape index (κ3) is 6.22. The van der Waals surface area contributed by atoms with E-state index in [0.29, 0.717) is 66.4 Å². The summed E-state index contributed by atoms with van der Waals surface area (Å²) in [6.45, 7) is 5.77. The molecule has 8 nitrogen and oxygen atoms in total. The first-order valence-electron chi connectivity index (χ1n) is 15.0. The molecule has 0 atom stereocenters. The number of aryl methyl sites for hydroxylation is 1. The molecule has 0 N–H and O–H groups in total. The van der Waals surface area contributed by atoms with Crippen LogP contribution in [0.1, 0.15) is 34.3 Å². The molecular formula is C34H36FN5O3S. The maximum Gasteiger partial charge on any atom is 0.262 e. The van der Waals surface area contributed by atoms with Crippen LogP contribution < -0.4 is 10.5 Å². The summed E-state index contributed by atoms with van der Waals surface area (Å²) in [6, 6.07) is 19.8. The fraction of sp³-hybridized carbons (Fsp3) is 0.353. The molecule has 0 spiro atoms. The first-order valence-corrected chi connectivity index (χ1v) is 16.0. The van der Waals surface area contributed by atoms with E-state index in [1.54, 1.807) is 23.7 Å². The van der Waals surface area contributed by atoms with E-state index in [1.807, 2.05) is 59.2 Å². The van der Waals surface area contributed by atoms with Crippen molar-refractivity contribution in [3.8, 4) is 0 Å². The number of fused-ring (bicyclic) bond motifs is 1. The standard InChI is InChI=1S/C34H36FN5O3S/c1-23-4-3-5-29-30(23)33(43)37(2)34(36-29)44-22-24-6-8-25(9-7-24)31(41)39-16-14-26(15-17-39)32(42)40-20-18-38(19-21-40)28-12-10-27(35)11-13-28/h3-13,26H,14-22H2,1-2H3. The van der Waals surface area contributed by atoms with E-state index in [9.17, 15) is 18.8 Å². The maximum atomic E-state index is 13.3. The molecule has 6 rings (SSSR count). The van der Waals surface area contributed by atoms with Crippen molar-refractivity contribution in [2.75, 3.05) is 44.2 Å². The second-order valence-corrected chi connectivity index (χ2v) is 12.5. The van der Waals surface area contributed by atoms with Crippen LogP contribution in [0.5, 0.6) is 0 Å². The molecule has 0 bridgehead atoms. The Balaban J connectivity index is 0.991. The molecule has 44 heavy (non-hydrogen) atoms. The van der Waals surface area contributed by atoms with Gasteiger partial charge in [-0.15, -0.1) is 0 Å². The fourth-order valence-electron chi connectivity index (χ4n) is 6.08. The number of hydrogen-bond donors (Lipinski definition) is 0. The molecule has 228 valence electrons. The molecule has 2 amide bonds. The van der Waals surface area contributed by atoms with Crippen LogP contribution in [-0.4, -0.2) is 70.4 Å². The smallest absolute Gasteiger partial charge is 0.262 e. The van der Waals surface area contributed by atoms with Gasteiger partial charge < -0.3 is 14.7 Å². The summed E-state index contributed by atoms with van der Waals surface area (Å²) in [5.41, 5.74) is 4.21. The van der Waals surface area contributed by atoms with E-state index in [4.69, 9.17) is 4.98 Å². The molecule has 2 aliphatic heterocycles. The molecule has 2 fully saturated rings. The molecule has 0 radical (unpaired) electrons. The number of thioether (sulfide) groups is 1. The molecule has 0 aliphatic carbocycles. The van der Waals surface area contributed by atoms with Crippen molar-refractivity contribution in [3.05, 3.63) is 99.6 Å². The number of carbonyl (C=O) groups excluding carboxylic acids is 2. The van der Waals surface area contributed by atoms with Crippen molar-refractivity contribution in [2.45, 2.75) is 30.7 Å². The molecule has 0 unspecified atom stereocenters. The highest BCUT2D eigenvalue weighted by atomic mass is 32.2. The number of carbonyl (C=O) groups is 2. The zero-order valence-corrected chi connectivity index (χ0v) is 25.9. The number of hydrogen-bond acceptors (Lipinski definition) is 6. The van der Waals surface area contributed by atoms with Gasteiger partial charge in [-0.2, -0.15) is 0 Å². The Kier molecular flexibility index (Phi) is 8.70. The number of anilines is 1. The van der Waals surface area contributed by atoms with Gasteiger partial charge >= 0.3 is 0 Å². The number of benzene rings is 3. The fourth-order valence-corrected chi connectivity index (χ4v) is 7.01. The Labute approximate surface area is 260 Å². The van der Waals surface area contributed by atoms with Crippen LogP contribution in [0.25, 0.3) is 10.9 Å². The van der Waals surface area contributed by atoms with E-state index in [2.05, 4.69) is 4.90 Å². The van der Waals surface area contributed by atoms with Crippen molar-refractivity contribution in [2.24, 2.45) is 13.0 Å². The average molecular weight is 614 g/mol. The van der Waals surface area contributed by atoms with Crippen LogP contribution in [0.4, 0.5) is 10.1 Å². The van der Waals surface area contributed by atoms with Crippen LogP contribution in [0.15, 0.2) is 76.7 Å². The molecule has 10 heteroatoms. The highest BCUT2D eigenvalue weighted by Crippen LogP contribution is 2.25. The van der Waals surface area contributed by atoms with Crippen molar-refractivity contribution < 1.29 is 14.0 Å². The Hall–Kier alpha value is -4.18. The van der Waals surface area contributed by atoms with E-state index in [0.717, 1.165) is 29.9 Å². The van der Waals surface area contributed by atoms with Gasteiger partial charge in [-0.3, -0.25) is 19.0 Å². The summed E-state index contributed by atoms with van der Waals surface area (Å²) < 4.78 is 14.9. The lowest BCUT2D eigenvalue weighted by atomic mass is 9.94. The molecular weight excluding hydrogens is 577 g/mol. The quantitative estimate of drug-likeness (QED) is 0.228. The molecule has 1 aromatic heterocycles. The predicted molar refractivity (Wildman–Crippen MR) is 172 cm³/mol. The SMILES string of the molecule is Cc1cccc2nc(SCc3ccc(C(=O)N4CCC(C(=O)N5CCN(c6ccc(F)cc6)CC5)CC4)cc3)n(C)c(=O)c12. The molecule has 3 aromatic carbocycles. The summed E-state index contributed by atoms with van der Waals surface area (Å²) >= 11 is 1.50. The number of piperazine rings is 1. The van der Waals surface area contributed by atoms with Gasteiger partial charge in [-0.05, 0) is 73.4 Å². The maximum absolute atomic E-state index is 13.3. The third-order valence-electron chi connectivity index (χ3n) is 8.76. The molecule has 4 aromatic rings. The van der Waals surface area contributed by atoms with Crippen LogP contribution >= 0.6 is 11.8 Å². The number of aromatic nitrogens is 2. The van der Waals surface area contributed by atoms with Crippen LogP contribution in [-0.2, 0) is 17.6 Å². The van der Waals surface area contributed by atoms with Crippen molar-refractivity contribution >= 4 is 40.2 Å². The average Bonchev–Trinajstić information content (AvgIpc) is 3.06. The highest BCUT2D eigenvalue weighted by molar-refractivity contribution is 7.98. The number of nitrogens with zero attached hydrogens (tertiary/aromatic N) is 5. The Morgan fingerprint density at radius 1 is 0.886 bits per heavy atom. The second kappa shape index (κ2) is 12.8. The first kappa shape index (κ1) is 29.9. The summed E-state index contributed by atoms with van der Waals surface area (Å²) in [7, 11) is 1.75.